The van der Waals surface area contributed by atoms with Crippen molar-refractivity contribution >= 4 is 15.6 Å². The number of sulfone groups is 1. The number of hydrogen-bond acceptors (Lipinski definition) is 3. The Balaban J connectivity index is 2.45. The molecule has 2 rings (SSSR count). The number of carbonyl (C=O) groups is 1. The highest BCUT2D eigenvalue weighted by Crippen LogP contribution is 2.28. The molecule has 0 spiro atoms. The van der Waals surface area contributed by atoms with Gasteiger partial charge in [-0.25, -0.2) is 8.42 Å². The normalized spacial score (nSPS) is 16.5. The Morgan fingerprint density at radius 3 is 2.53 bits per heavy atom. The van der Waals surface area contributed by atoms with Crippen molar-refractivity contribution in [3.8, 4) is 0 Å². The third kappa shape index (κ3) is 2.48. The lowest BCUT2D eigenvalue weighted by Crippen LogP contribution is -2.36. The molecule has 5 heteroatoms. The molecule has 19 heavy (non-hydrogen) atoms. The molecule has 0 fully saturated rings. The summed E-state index contributed by atoms with van der Waals surface area (Å²) in [6.45, 7) is 5.81. The molecule has 0 aromatic carbocycles. The number of aryl methyl sites for hydroxylation is 1. The van der Waals surface area contributed by atoms with E-state index in [1.807, 2.05) is 17.6 Å². The maximum atomic E-state index is 11.9. The Labute approximate surface area is 114 Å². The molecule has 0 N–H and O–H groups in total. The number of carbonyl (C=O) groups excluding carboxylic acids is 1. The Bertz CT molecular complexity index is 623. The summed E-state index contributed by atoms with van der Waals surface area (Å²) in [6, 6.07) is 1.90. The lowest BCUT2D eigenvalue weighted by molar-refractivity contribution is 0.0971. The average molecular weight is 283 g/mol. The second kappa shape index (κ2) is 4.47. The summed E-state index contributed by atoms with van der Waals surface area (Å²) in [4.78, 5) is 11.9. The summed E-state index contributed by atoms with van der Waals surface area (Å²) in [5.74, 6) is 0.181. The second-order valence-corrected chi connectivity index (χ2v) is 8.69. The largest absolute Gasteiger partial charge is 0.347 e. The molecule has 0 aliphatic heterocycles. The number of hydrogen-bond donors (Lipinski definition) is 0. The van der Waals surface area contributed by atoms with Crippen LogP contribution in [0.25, 0.3) is 0 Å². The van der Waals surface area contributed by atoms with Gasteiger partial charge in [-0.05, 0) is 39.7 Å². The third-order valence-corrected chi connectivity index (χ3v) is 6.21. The highest BCUT2D eigenvalue weighted by Gasteiger charge is 2.33. The molecule has 0 saturated heterocycles. The van der Waals surface area contributed by atoms with E-state index in [0.29, 0.717) is 13.0 Å². The van der Waals surface area contributed by atoms with E-state index >= 15 is 0 Å². The molecule has 1 aliphatic carbocycles. The standard InChI is InChI=1S/C14H21NO3S/c1-10-8-11-12(6-5-7-13(11)16)15(10)9-14(2,3)19(4,17)18/h8H,5-7,9H2,1-4H3. The molecular formula is C14H21NO3S. The van der Waals surface area contributed by atoms with Crippen LogP contribution >= 0.6 is 0 Å². The van der Waals surface area contributed by atoms with Gasteiger partial charge < -0.3 is 4.57 Å². The SMILES string of the molecule is Cc1cc2c(n1CC(C)(C)S(C)(=O)=O)CCCC2=O. The molecule has 0 atom stereocenters. The van der Waals surface area contributed by atoms with Gasteiger partial charge in [0.05, 0.1) is 4.75 Å². The molecule has 0 amide bonds. The van der Waals surface area contributed by atoms with E-state index in [1.165, 1.54) is 6.26 Å². The minimum atomic E-state index is -3.14. The fourth-order valence-electron chi connectivity index (χ4n) is 2.51. The zero-order valence-electron chi connectivity index (χ0n) is 12.0. The fraction of sp³-hybridized carbons (Fsp3) is 0.643. The first-order valence-corrected chi connectivity index (χ1v) is 8.44. The number of ketones is 1. The molecule has 0 bridgehead atoms. The van der Waals surface area contributed by atoms with Crippen LogP contribution < -0.4 is 0 Å². The molecule has 0 unspecified atom stereocenters. The summed E-state index contributed by atoms with van der Waals surface area (Å²) in [5, 5.41) is 0. The Morgan fingerprint density at radius 2 is 1.95 bits per heavy atom. The Kier molecular flexibility index (Phi) is 3.37. The van der Waals surface area contributed by atoms with Crippen LogP contribution in [0.5, 0.6) is 0 Å². The van der Waals surface area contributed by atoms with Crippen LogP contribution in [0.3, 0.4) is 0 Å². The van der Waals surface area contributed by atoms with Crippen LogP contribution in [-0.4, -0.2) is 29.8 Å². The minimum Gasteiger partial charge on any atom is -0.347 e. The Morgan fingerprint density at radius 1 is 1.32 bits per heavy atom. The molecular weight excluding hydrogens is 262 g/mol. The molecule has 1 aliphatic rings. The van der Waals surface area contributed by atoms with E-state index in [4.69, 9.17) is 0 Å². The van der Waals surface area contributed by atoms with Crippen LogP contribution in [0, 0.1) is 6.92 Å². The second-order valence-electron chi connectivity index (χ2n) is 6.04. The van der Waals surface area contributed by atoms with Crippen molar-refractivity contribution in [2.24, 2.45) is 0 Å². The van der Waals surface area contributed by atoms with Gasteiger partial charge in [0.1, 0.15) is 0 Å². The van der Waals surface area contributed by atoms with Gasteiger partial charge in [0, 0.05) is 36.2 Å². The number of nitrogens with zero attached hydrogens (tertiary/aromatic N) is 1. The van der Waals surface area contributed by atoms with Gasteiger partial charge in [-0.2, -0.15) is 0 Å². The molecule has 106 valence electrons. The third-order valence-electron chi connectivity index (χ3n) is 4.08. The van der Waals surface area contributed by atoms with Crippen molar-refractivity contribution in [2.45, 2.75) is 51.3 Å². The highest BCUT2D eigenvalue weighted by atomic mass is 32.2. The van der Waals surface area contributed by atoms with Crippen molar-refractivity contribution in [3.63, 3.8) is 0 Å². The quantitative estimate of drug-likeness (QED) is 0.854. The maximum absolute atomic E-state index is 11.9. The van der Waals surface area contributed by atoms with Gasteiger partial charge >= 0.3 is 0 Å². The summed E-state index contributed by atoms with van der Waals surface area (Å²) in [7, 11) is -3.14. The predicted molar refractivity (Wildman–Crippen MR) is 75.4 cm³/mol. The van der Waals surface area contributed by atoms with Crippen molar-refractivity contribution in [1.29, 1.82) is 0 Å². The molecule has 1 heterocycles. The van der Waals surface area contributed by atoms with Gasteiger partial charge in [-0.1, -0.05) is 0 Å². The molecule has 0 radical (unpaired) electrons. The van der Waals surface area contributed by atoms with E-state index < -0.39 is 14.6 Å². The van der Waals surface area contributed by atoms with Crippen molar-refractivity contribution in [3.05, 3.63) is 23.0 Å². The fourth-order valence-corrected chi connectivity index (χ4v) is 2.87. The van der Waals surface area contributed by atoms with Gasteiger partial charge in [-0.3, -0.25) is 4.79 Å². The minimum absolute atomic E-state index is 0.181. The van der Waals surface area contributed by atoms with E-state index in [9.17, 15) is 13.2 Å². The van der Waals surface area contributed by atoms with E-state index in [1.54, 1.807) is 13.8 Å². The zero-order chi connectivity index (χ0) is 14.4. The zero-order valence-corrected chi connectivity index (χ0v) is 12.8. The number of rotatable bonds is 3. The van der Waals surface area contributed by atoms with Gasteiger partial charge in [0.25, 0.3) is 0 Å². The van der Waals surface area contributed by atoms with Crippen molar-refractivity contribution in [1.82, 2.24) is 4.57 Å². The maximum Gasteiger partial charge on any atom is 0.164 e. The lowest BCUT2D eigenvalue weighted by atomic mass is 9.96. The summed E-state index contributed by atoms with van der Waals surface area (Å²) in [5.41, 5.74) is 2.76. The van der Waals surface area contributed by atoms with E-state index in [-0.39, 0.29) is 5.78 Å². The monoisotopic (exact) mass is 283 g/mol. The van der Waals surface area contributed by atoms with Crippen LogP contribution in [0.15, 0.2) is 6.07 Å². The summed E-state index contributed by atoms with van der Waals surface area (Å²) >= 11 is 0. The lowest BCUT2D eigenvalue weighted by Gasteiger charge is -2.26. The van der Waals surface area contributed by atoms with Crippen LogP contribution in [-0.2, 0) is 22.8 Å². The van der Waals surface area contributed by atoms with Gasteiger partial charge in [0.15, 0.2) is 15.6 Å². The van der Waals surface area contributed by atoms with Crippen LogP contribution in [0.2, 0.25) is 0 Å². The molecule has 1 aromatic heterocycles. The predicted octanol–water partition coefficient (Wildman–Crippen LogP) is 2.14. The smallest absolute Gasteiger partial charge is 0.164 e. The molecule has 4 nitrogen and oxygen atoms in total. The van der Waals surface area contributed by atoms with Crippen LogP contribution in [0.4, 0.5) is 0 Å². The van der Waals surface area contributed by atoms with Gasteiger partial charge in [0.2, 0.25) is 0 Å². The number of fused-ring (bicyclic) bond motifs is 1. The van der Waals surface area contributed by atoms with E-state index in [2.05, 4.69) is 0 Å². The van der Waals surface area contributed by atoms with Crippen LogP contribution in [0.1, 0.15) is 48.4 Å². The first kappa shape index (κ1) is 14.3. The Hall–Kier alpha value is -1.10. The first-order valence-electron chi connectivity index (χ1n) is 6.55. The van der Waals surface area contributed by atoms with E-state index in [0.717, 1.165) is 29.8 Å². The summed E-state index contributed by atoms with van der Waals surface area (Å²) in [6.07, 6.45) is 3.58. The molecule has 0 saturated carbocycles. The average Bonchev–Trinajstić information content (AvgIpc) is 2.56. The molecule has 1 aromatic rings. The first-order chi connectivity index (χ1) is 8.63. The summed E-state index contributed by atoms with van der Waals surface area (Å²) < 4.78 is 24.9. The van der Waals surface area contributed by atoms with Crippen molar-refractivity contribution in [2.75, 3.05) is 6.26 Å². The highest BCUT2D eigenvalue weighted by molar-refractivity contribution is 7.92. The number of Topliss-reactive ketones (excluding diaryl/α,β-unsaturated/α-hetero) is 1. The number of aromatic nitrogens is 1. The van der Waals surface area contributed by atoms with Crippen molar-refractivity contribution < 1.29 is 13.2 Å². The van der Waals surface area contributed by atoms with Gasteiger partial charge in [-0.15, -0.1) is 0 Å². The topological polar surface area (TPSA) is 56.1 Å².